The Bertz CT molecular complexity index is 851. The smallest absolute Gasteiger partial charge is 0.230 e. The molecular formula is C19H19BrN4OS. The third-order valence-corrected chi connectivity index (χ3v) is 5.37. The first-order valence-electron chi connectivity index (χ1n) is 8.30. The molecule has 26 heavy (non-hydrogen) atoms. The number of nitrogens with one attached hydrogen (secondary N) is 1. The highest BCUT2D eigenvalue weighted by Gasteiger charge is 2.15. The number of thioether (sulfide) groups is 1. The maximum absolute atomic E-state index is 12.4. The van der Waals surface area contributed by atoms with Crippen molar-refractivity contribution >= 4 is 33.6 Å². The number of aromatic nitrogens is 3. The number of amides is 1. The number of rotatable bonds is 7. The second-order valence-corrected chi connectivity index (χ2v) is 7.55. The van der Waals surface area contributed by atoms with Crippen LogP contribution in [0.1, 0.15) is 24.9 Å². The lowest BCUT2D eigenvalue weighted by Crippen LogP contribution is -2.29. The monoisotopic (exact) mass is 430 g/mol. The van der Waals surface area contributed by atoms with Crippen LogP contribution in [-0.4, -0.2) is 26.4 Å². The summed E-state index contributed by atoms with van der Waals surface area (Å²) in [5, 5.41) is 11.9. The maximum atomic E-state index is 12.4. The van der Waals surface area contributed by atoms with Crippen molar-refractivity contribution in [2.24, 2.45) is 0 Å². The van der Waals surface area contributed by atoms with Gasteiger partial charge < -0.3 is 5.32 Å². The summed E-state index contributed by atoms with van der Waals surface area (Å²) in [6.07, 6.45) is 2.49. The van der Waals surface area contributed by atoms with E-state index >= 15 is 0 Å². The second kappa shape index (κ2) is 9.00. The summed E-state index contributed by atoms with van der Waals surface area (Å²) < 4.78 is 2.91. The van der Waals surface area contributed by atoms with Crippen molar-refractivity contribution in [2.75, 3.05) is 5.75 Å². The number of carbonyl (C=O) groups excluding carboxylic acids is 1. The molecule has 0 saturated heterocycles. The Morgan fingerprint density at radius 3 is 2.62 bits per heavy atom. The molecule has 0 fully saturated rings. The van der Waals surface area contributed by atoms with Gasteiger partial charge in [-0.15, -0.1) is 10.2 Å². The summed E-state index contributed by atoms with van der Waals surface area (Å²) in [5.41, 5.74) is 2.07. The van der Waals surface area contributed by atoms with Crippen LogP contribution in [0.5, 0.6) is 0 Å². The second-order valence-electron chi connectivity index (χ2n) is 5.69. The molecule has 5 nitrogen and oxygen atoms in total. The van der Waals surface area contributed by atoms with Crippen molar-refractivity contribution in [1.29, 1.82) is 0 Å². The first kappa shape index (κ1) is 18.7. The Morgan fingerprint density at radius 1 is 1.19 bits per heavy atom. The Balaban J connectivity index is 1.61. The van der Waals surface area contributed by atoms with E-state index in [0.29, 0.717) is 10.9 Å². The molecule has 0 unspecified atom stereocenters. The fourth-order valence-electron chi connectivity index (χ4n) is 2.57. The normalized spacial score (nSPS) is 11.9. The largest absolute Gasteiger partial charge is 0.349 e. The molecule has 0 spiro atoms. The van der Waals surface area contributed by atoms with Crippen molar-refractivity contribution in [3.05, 3.63) is 71.0 Å². The van der Waals surface area contributed by atoms with Gasteiger partial charge in [0.25, 0.3) is 0 Å². The zero-order chi connectivity index (χ0) is 18.4. The number of benzene rings is 2. The Kier molecular flexibility index (Phi) is 6.46. The predicted octanol–water partition coefficient (Wildman–Crippen LogP) is 4.39. The average Bonchev–Trinajstić information content (AvgIpc) is 3.14. The summed E-state index contributed by atoms with van der Waals surface area (Å²) in [7, 11) is 0. The zero-order valence-electron chi connectivity index (χ0n) is 14.3. The number of halogens is 1. The van der Waals surface area contributed by atoms with Crippen LogP contribution in [-0.2, 0) is 4.79 Å². The molecule has 1 atom stereocenters. The van der Waals surface area contributed by atoms with Crippen LogP contribution in [0.2, 0.25) is 0 Å². The first-order chi connectivity index (χ1) is 12.7. The third-order valence-electron chi connectivity index (χ3n) is 3.90. The zero-order valence-corrected chi connectivity index (χ0v) is 16.7. The Hall–Kier alpha value is -2.12. The lowest BCUT2D eigenvalue weighted by atomic mass is 10.0. The molecule has 3 aromatic rings. The molecule has 0 radical (unpaired) electrons. The summed E-state index contributed by atoms with van der Waals surface area (Å²) in [5.74, 6) is 0.269. The van der Waals surface area contributed by atoms with Crippen molar-refractivity contribution < 1.29 is 4.79 Å². The minimum absolute atomic E-state index is 0.00296. The van der Waals surface area contributed by atoms with E-state index in [4.69, 9.17) is 0 Å². The third kappa shape index (κ3) is 4.74. The minimum atomic E-state index is -0.0209. The predicted molar refractivity (Wildman–Crippen MR) is 107 cm³/mol. The molecule has 7 heteroatoms. The molecule has 2 aromatic carbocycles. The molecule has 0 aliphatic rings. The molecule has 134 valence electrons. The van der Waals surface area contributed by atoms with Crippen LogP contribution >= 0.6 is 27.7 Å². The summed E-state index contributed by atoms with van der Waals surface area (Å²) >= 11 is 4.81. The highest BCUT2D eigenvalue weighted by molar-refractivity contribution is 9.10. The molecule has 1 heterocycles. The molecule has 0 aliphatic carbocycles. The highest BCUT2D eigenvalue weighted by Crippen LogP contribution is 2.22. The van der Waals surface area contributed by atoms with E-state index in [9.17, 15) is 4.79 Å². The van der Waals surface area contributed by atoms with E-state index in [0.717, 1.165) is 22.1 Å². The van der Waals surface area contributed by atoms with E-state index < -0.39 is 0 Å². The number of carbonyl (C=O) groups is 1. The minimum Gasteiger partial charge on any atom is -0.349 e. The van der Waals surface area contributed by atoms with Crippen molar-refractivity contribution in [3.63, 3.8) is 0 Å². The number of hydrogen-bond acceptors (Lipinski definition) is 4. The Morgan fingerprint density at radius 2 is 1.92 bits per heavy atom. The van der Waals surface area contributed by atoms with E-state index in [1.807, 2.05) is 59.2 Å². The number of para-hydroxylation sites is 1. The van der Waals surface area contributed by atoms with Crippen molar-refractivity contribution in [3.8, 4) is 5.69 Å². The van der Waals surface area contributed by atoms with Gasteiger partial charge in [0.2, 0.25) is 5.91 Å². The van der Waals surface area contributed by atoms with Crippen LogP contribution < -0.4 is 5.32 Å². The van der Waals surface area contributed by atoms with Gasteiger partial charge in [-0.05, 0) is 36.2 Å². The van der Waals surface area contributed by atoms with Crippen LogP contribution in [0.3, 0.4) is 0 Å². The molecule has 1 amide bonds. The summed E-state index contributed by atoms with van der Waals surface area (Å²) in [4.78, 5) is 12.4. The van der Waals surface area contributed by atoms with Gasteiger partial charge in [0.15, 0.2) is 5.16 Å². The molecule has 1 aromatic heterocycles. The van der Waals surface area contributed by atoms with Crippen molar-refractivity contribution in [1.82, 2.24) is 20.1 Å². The quantitative estimate of drug-likeness (QED) is 0.564. The number of nitrogens with zero attached hydrogens (tertiary/aromatic N) is 3. The van der Waals surface area contributed by atoms with Gasteiger partial charge in [0.05, 0.1) is 11.8 Å². The van der Waals surface area contributed by atoms with Gasteiger partial charge in [-0.1, -0.05) is 64.9 Å². The van der Waals surface area contributed by atoms with Crippen molar-refractivity contribution in [2.45, 2.75) is 24.5 Å². The van der Waals surface area contributed by atoms with Crippen LogP contribution in [0.4, 0.5) is 0 Å². The standard InChI is InChI=1S/C19H19BrN4OS/c1-2-17(14-8-10-15(20)11-9-14)22-18(25)12-26-19-23-21-13-24(19)16-6-4-3-5-7-16/h3-11,13,17H,2,12H2,1H3,(H,22,25)/t17-/m0/s1. The molecule has 0 saturated carbocycles. The average molecular weight is 431 g/mol. The fraction of sp³-hybridized carbons (Fsp3) is 0.211. The molecule has 0 aliphatic heterocycles. The summed E-state index contributed by atoms with van der Waals surface area (Å²) in [6, 6.07) is 17.9. The first-order valence-corrected chi connectivity index (χ1v) is 10.1. The SMILES string of the molecule is CC[C@H](NC(=O)CSc1nncn1-c1ccccc1)c1ccc(Br)cc1. The highest BCUT2D eigenvalue weighted by atomic mass is 79.9. The Labute approximate surface area is 165 Å². The van der Waals surface area contributed by atoms with Crippen LogP contribution in [0.15, 0.2) is 70.6 Å². The maximum Gasteiger partial charge on any atom is 0.230 e. The van der Waals surface area contributed by atoms with Gasteiger partial charge in [0, 0.05) is 10.2 Å². The van der Waals surface area contributed by atoms with E-state index in [-0.39, 0.29) is 11.9 Å². The van der Waals surface area contributed by atoms with E-state index in [1.165, 1.54) is 11.8 Å². The van der Waals surface area contributed by atoms with E-state index in [2.05, 4.69) is 38.4 Å². The molecule has 3 rings (SSSR count). The van der Waals surface area contributed by atoms with Gasteiger partial charge >= 0.3 is 0 Å². The fourth-order valence-corrected chi connectivity index (χ4v) is 3.58. The van der Waals surface area contributed by atoms with Gasteiger partial charge in [0.1, 0.15) is 6.33 Å². The van der Waals surface area contributed by atoms with Crippen LogP contribution in [0, 0.1) is 0 Å². The lowest BCUT2D eigenvalue weighted by Gasteiger charge is -2.17. The van der Waals surface area contributed by atoms with Gasteiger partial charge in [-0.2, -0.15) is 0 Å². The molecule has 0 bridgehead atoms. The molecule has 1 N–H and O–H groups in total. The van der Waals surface area contributed by atoms with Gasteiger partial charge in [-0.25, -0.2) is 0 Å². The van der Waals surface area contributed by atoms with Gasteiger partial charge in [-0.3, -0.25) is 9.36 Å². The topological polar surface area (TPSA) is 59.8 Å². The summed E-state index contributed by atoms with van der Waals surface area (Å²) in [6.45, 7) is 2.06. The number of hydrogen-bond donors (Lipinski definition) is 1. The van der Waals surface area contributed by atoms with Crippen LogP contribution in [0.25, 0.3) is 5.69 Å². The molecular weight excluding hydrogens is 412 g/mol. The van der Waals surface area contributed by atoms with E-state index in [1.54, 1.807) is 6.33 Å². The lowest BCUT2D eigenvalue weighted by molar-refractivity contribution is -0.119.